The van der Waals surface area contributed by atoms with Crippen molar-refractivity contribution >= 4 is 10.0 Å². The number of benzene rings is 1. The largest absolute Gasteiger partial charge is 0.375 e. The fourth-order valence-corrected chi connectivity index (χ4v) is 5.39. The summed E-state index contributed by atoms with van der Waals surface area (Å²) in [6.07, 6.45) is 8.36. The summed E-state index contributed by atoms with van der Waals surface area (Å²) in [5.74, 6) is 0. The Morgan fingerprint density at radius 1 is 1.17 bits per heavy atom. The molecule has 2 fully saturated rings. The van der Waals surface area contributed by atoms with Crippen molar-refractivity contribution in [3.63, 3.8) is 0 Å². The van der Waals surface area contributed by atoms with E-state index in [-0.39, 0.29) is 11.5 Å². The average Bonchev–Trinajstić information content (AvgIpc) is 2.87. The van der Waals surface area contributed by atoms with Crippen molar-refractivity contribution < 1.29 is 13.2 Å². The number of nitrogens with zero attached hydrogens (tertiary/aromatic N) is 1. The quantitative estimate of drug-likeness (QED) is 0.829. The molecule has 3 rings (SSSR count). The monoisotopic (exact) mass is 337 g/mol. The summed E-state index contributed by atoms with van der Waals surface area (Å²) in [4.78, 5) is 0. The zero-order valence-electron chi connectivity index (χ0n) is 13.9. The molecule has 1 aromatic carbocycles. The van der Waals surface area contributed by atoms with Gasteiger partial charge in [0.05, 0.1) is 19.5 Å². The Bertz CT molecular complexity index is 608. The van der Waals surface area contributed by atoms with E-state index in [1.54, 1.807) is 4.31 Å². The summed E-state index contributed by atoms with van der Waals surface area (Å²) >= 11 is 0. The highest BCUT2D eigenvalue weighted by molar-refractivity contribution is 7.88. The highest BCUT2D eigenvalue weighted by atomic mass is 32.2. The maximum Gasteiger partial charge on any atom is 0.211 e. The van der Waals surface area contributed by atoms with Gasteiger partial charge in [-0.15, -0.1) is 0 Å². The molecule has 1 saturated carbocycles. The minimum absolute atomic E-state index is 0.00758. The van der Waals surface area contributed by atoms with E-state index in [2.05, 4.69) is 0 Å². The Kier molecular flexibility index (Phi) is 5.09. The molecule has 0 radical (unpaired) electrons. The third-order valence-corrected chi connectivity index (χ3v) is 6.61. The lowest BCUT2D eigenvalue weighted by molar-refractivity contribution is 0.0856. The first-order valence-corrected chi connectivity index (χ1v) is 10.4. The normalized spacial score (nSPS) is 25.0. The lowest BCUT2D eigenvalue weighted by atomic mass is 9.73. The molecule has 4 nitrogen and oxygen atoms in total. The molecular weight excluding hydrogens is 310 g/mol. The second-order valence-electron chi connectivity index (χ2n) is 7.23. The number of ether oxygens (including phenoxy) is 1. The van der Waals surface area contributed by atoms with Gasteiger partial charge < -0.3 is 4.74 Å². The van der Waals surface area contributed by atoms with Crippen molar-refractivity contribution in [3.8, 4) is 0 Å². The molecule has 1 aromatic rings. The lowest BCUT2D eigenvalue weighted by Crippen LogP contribution is -2.38. The van der Waals surface area contributed by atoms with E-state index in [9.17, 15) is 8.42 Å². The minimum Gasteiger partial charge on any atom is -0.375 e. The van der Waals surface area contributed by atoms with Crippen LogP contribution < -0.4 is 0 Å². The highest BCUT2D eigenvalue weighted by Gasteiger charge is 2.47. The maximum atomic E-state index is 12.2. The standard InChI is InChI=1S/C18H27NO3S/c1-23(20,21)19-15-18(10-6-3-7-11-18)12-17(19)14-22-13-16-8-4-2-5-9-16/h2,4-5,8-9,17H,3,6-7,10-15H2,1H3. The van der Waals surface area contributed by atoms with Crippen LogP contribution in [0.3, 0.4) is 0 Å². The molecule has 5 heteroatoms. The molecule has 0 aromatic heterocycles. The number of sulfonamides is 1. The molecule has 128 valence electrons. The average molecular weight is 337 g/mol. The third kappa shape index (κ3) is 4.14. The molecule has 1 atom stereocenters. The van der Waals surface area contributed by atoms with Crippen LogP contribution >= 0.6 is 0 Å². The lowest BCUT2D eigenvalue weighted by Gasteiger charge is -2.32. The summed E-state index contributed by atoms with van der Waals surface area (Å²) in [5.41, 5.74) is 1.33. The molecule has 23 heavy (non-hydrogen) atoms. The molecule has 1 heterocycles. The predicted octanol–water partition coefficient (Wildman–Crippen LogP) is 3.19. The van der Waals surface area contributed by atoms with E-state index in [4.69, 9.17) is 4.74 Å². The van der Waals surface area contributed by atoms with E-state index in [1.165, 1.54) is 25.5 Å². The van der Waals surface area contributed by atoms with Gasteiger partial charge in [-0.2, -0.15) is 4.31 Å². The molecule has 0 bridgehead atoms. The van der Waals surface area contributed by atoms with Gasteiger partial charge in [0.25, 0.3) is 0 Å². The molecule has 2 aliphatic rings. The molecule has 1 saturated heterocycles. The van der Waals surface area contributed by atoms with Crippen molar-refractivity contribution in [3.05, 3.63) is 35.9 Å². The molecule has 1 aliphatic carbocycles. The number of hydrogen-bond acceptors (Lipinski definition) is 3. The van der Waals surface area contributed by atoms with Gasteiger partial charge in [-0.3, -0.25) is 0 Å². The molecule has 0 amide bonds. The van der Waals surface area contributed by atoms with Gasteiger partial charge in [0, 0.05) is 12.6 Å². The second-order valence-corrected chi connectivity index (χ2v) is 9.16. The molecule has 0 N–H and O–H groups in total. The van der Waals surface area contributed by atoms with E-state index in [0.29, 0.717) is 19.8 Å². The summed E-state index contributed by atoms with van der Waals surface area (Å²) in [5, 5.41) is 0. The predicted molar refractivity (Wildman–Crippen MR) is 91.6 cm³/mol. The first-order valence-electron chi connectivity index (χ1n) is 8.57. The van der Waals surface area contributed by atoms with Crippen LogP contribution in [0, 0.1) is 5.41 Å². The van der Waals surface area contributed by atoms with E-state index in [0.717, 1.165) is 24.8 Å². The van der Waals surface area contributed by atoms with Crippen LogP contribution in [0.25, 0.3) is 0 Å². The molecule has 1 spiro atoms. The van der Waals surface area contributed by atoms with Crippen molar-refractivity contribution in [1.82, 2.24) is 4.31 Å². The van der Waals surface area contributed by atoms with E-state index >= 15 is 0 Å². The van der Waals surface area contributed by atoms with Crippen LogP contribution in [0.4, 0.5) is 0 Å². The Hall–Kier alpha value is -0.910. The van der Waals surface area contributed by atoms with Crippen LogP contribution in [-0.4, -0.2) is 38.2 Å². The van der Waals surface area contributed by atoms with E-state index < -0.39 is 10.0 Å². The molecule has 1 unspecified atom stereocenters. The molecule has 1 aliphatic heterocycles. The zero-order chi connectivity index (χ0) is 16.3. The van der Waals surface area contributed by atoms with Crippen molar-refractivity contribution in [2.75, 3.05) is 19.4 Å². The Labute approximate surface area is 139 Å². The Morgan fingerprint density at radius 3 is 2.52 bits per heavy atom. The van der Waals surface area contributed by atoms with Gasteiger partial charge in [-0.25, -0.2) is 8.42 Å². The van der Waals surface area contributed by atoms with Gasteiger partial charge in [-0.1, -0.05) is 49.6 Å². The summed E-state index contributed by atoms with van der Waals surface area (Å²) in [6, 6.07) is 10.0. The number of hydrogen-bond donors (Lipinski definition) is 0. The minimum atomic E-state index is -3.17. The van der Waals surface area contributed by atoms with Gasteiger partial charge in [0.1, 0.15) is 0 Å². The second kappa shape index (κ2) is 6.91. The number of rotatable bonds is 5. The zero-order valence-corrected chi connectivity index (χ0v) is 14.7. The van der Waals surface area contributed by atoms with Gasteiger partial charge in [0.15, 0.2) is 0 Å². The van der Waals surface area contributed by atoms with E-state index in [1.807, 2.05) is 30.3 Å². The van der Waals surface area contributed by atoms with Gasteiger partial charge in [0.2, 0.25) is 10.0 Å². The first-order chi connectivity index (χ1) is 11.0. The van der Waals surface area contributed by atoms with Gasteiger partial charge >= 0.3 is 0 Å². The van der Waals surface area contributed by atoms with Crippen LogP contribution in [-0.2, 0) is 21.4 Å². The van der Waals surface area contributed by atoms with Crippen molar-refractivity contribution in [1.29, 1.82) is 0 Å². The first kappa shape index (κ1) is 16.9. The summed E-state index contributed by atoms with van der Waals surface area (Å²) in [7, 11) is -3.17. The fourth-order valence-electron chi connectivity index (χ4n) is 4.21. The van der Waals surface area contributed by atoms with Crippen LogP contribution in [0.1, 0.15) is 44.1 Å². The highest BCUT2D eigenvalue weighted by Crippen LogP contribution is 2.47. The summed E-state index contributed by atoms with van der Waals surface area (Å²) < 4.78 is 31.9. The van der Waals surface area contributed by atoms with Crippen LogP contribution in [0.15, 0.2) is 30.3 Å². The van der Waals surface area contributed by atoms with Gasteiger partial charge in [-0.05, 0) is 30.2 Å². The third-order valence-electron chi connectivity index (χ3n) is 5.33. The molecular formula is C18H27NO3S. The SMILES string of the molecule is CS(=O)(=O)N1CC2(CCCCC2)CC1COCc1ccccc1. The van der Waals surface area contributed by atoms with Crippen LogP contribution in [0.2, 0.25) is 0 Å². The van der Waals surface area contributed by atoms with Crippen molar-refractivity contribution in [2.24, 2.45) is 5.41 Å². The fraction of sp³-hybridized carbons (Fsp3) is 0.667. The van der Waals surface area contributed by atoms with Crippen LogP contribution in [0.5, 0.6) is 0 Å². The summed E-state index contributed by atoms with van der Waals surface area (Å²) in [6.45, 7) is 1.72. The smallest absolute Gasteiger partial charge is 0.211 e. The maximum absolute atomic E-state index is 12.2. The Morgan fingerprint density at radius 2 is 1.87 bits per heavy atom. The van der Waals surface area contributed by atoms with Crippen molar-refractivity contribution in [2.45, 2.75) is 51.2 Å². The topological polar surface area (TPSA) is 46.6 Å². The Balaban J connectivity index is 1.63.